The Labute approximate surface area is 51.9 Å². The van der Waals surface area contributed by atoms with Crippen LogP contribution in [0.1, 0.15) is 0 Å². The summed E-state index contributed by atoms with van der Waals surface area (Å²) >= 11 is 3.59. The number of hydroxylamine groups is 1. The highest BCUT2D eigenvalue weighted by molar-refractivity contribution is 7.80. The molecule has 4 nitrogen and oxygen atoms in total. The van der Waals surface area contributed by atoms with Crippen LogP contribution in [0.15, 0.2) is 0 Å². The fourth-order valence-electron chi connectivity index (χ4n) is 0.166. The van der Waals surface area contributed by atoms with Crippen LogP contribution in [0.3, 0.4) is 0 Å². The first kappa shape index (κ1) is 7.74. The van der Waals surface area contributed by atoms with Gasteiger partial charge in [-0.25, -0.2) is 0 Å². The third-order valence-electron chi connectivity index (χ3n) is 0.623. The zero-order valence-electron chi connectivity index (χ0n) is 4.00. The summed E-state index contributed by atoms with van der Waals surface area (Å²) in [5.41, 5.74) is 1.33. The second-order valence-electron chi connectivity index (χ2n) is 1.19. The van der Waals surface area contributed by atoms with Crippen LogP contribution in [-0.4, -0.2) is 22.9 Å². The third kappa shape index (κ3) is 2.15. The minimum atomic E-state index is -1.17. The van der Waals surface area contributed by atoms with Gasteiger partial charge >= 0.3 is 5.97 Å². The van der Waals surface area contributed by atoms with E-state index in [2.05, 4.69) is 12.6 Å². The van der Waals surface area contributed by atoms with Crippen LogP contribution in [0.5, 0.6) is 0 Å². The topological polar surface area (TPSA) is 72.4 Å². The van der Waals surface area contributed by atoms with Gasteiger partial charge in [0.05, 0.1) is 0 Å². The van der Waals surface area contributed by atoms with E-state index in [9.17, 15) is 10.0 Å². The Morgan fingerprint density at radius 1 is 2.00 bits per heavy atom. The van der Waals surface area contributed by atoms with Crippen molar-refractivity contribution in [1.29, 1.82) is 0 Å². The van der Waals surface area contributed by atoms with Crippen LogP contribution in [0.4, 0.5) is 0 Å². The predicted molar refractivity (Wildman–Crippen MR) is 31.8 cm³/mol. The maximum atomic E-state index is 9.85. The molecular formula is C3H6NO3S-. The lowest BCUT2D eigenvalue weighted by molar-refractivity contribution is -0.138. The summed E-state index contributed by atoms with van der Waals surface area (Å²) in [5, 5.41) is 17.7. The van der Waals surface area contributed by atoms with Crippen molar-refractivity contribution in [2.45, 2.75) is 6.04 Å². The lowest BCUT2D eigenvalue weighted by Gasteiger charge is -2.13. The fraction of sp³-hybridized carbons (Fsp3) is 0.667. The van der Waals surface area contributed by atoms with Crippen molar-refractivity contribution in [2.24, 2.45) is 0 Å². The van der Waals surface area contributed by atoms with Crippen LogP contribution in [0.25, 0.3) is 0 Å². The first-order valence-electron chi connectivity index (χ1n) is 1.93. The summed E-state index contributed by atoms with van der Waals surface area (Å²) in [7, 11) is 0. The number of hydrogen-bond acceptors (Lipinski definition) is 4. The number of hydrogen-bond donors (Lipinski definition) is 3. The zero-order valence-corrected chi connectivity index (χ0v) is 4.89. The molecule has 0 radical (unpaired) electrons. The first-order chi connectivity index (χ1) is 3.72. The third-order valence-corrected chi connectivity index (χ3v) is 0.988. The molecule has 0 aromatic rings. The Balaban J connectivity index is 3.52. The highest BCUT2D eigenvalue weighted by Gasteiger charge is 2.07. The van der Waals surface area contributed by atoms with E-state index < -0.39 is 12.0 Å². The average molecular weight is 136 g/mol. The quantitative estimate of drug-likeness (QED) is 0.360. The van der Waals surface area contributed by atoms with Gasteiger partial charge in [-0.1, -0.05) is 0 Å². The second kappa shape index (κ2) is 3.71. The van der Waals surface area contributed by atoms with Crippen molar-refractivity contribution in [2.75, 3.05) is 5.75 Å². The van der Waals surface area contributed by atoms with Crippen molar-refractivity contribution in [1.82, 2.24) is 5.48 Å². The standard InChI is InChI=1S/C3H6NO3S/c5-3(6)2(1-8)4-7/h2,4,8H,1H2,(H,5,6)/q-1/t2-/m1/s1. The molecule has 0 unspecified atom stereocenters. The van der Waals surface area contributed by atoms with Gasteiger partial charge in [-0.3, -0.25) is 4.79 Å². The Bertz CT molecular complexity index is 82.6. The molecule has 5 heteroatoms. The number of nitrogens with one attached hydrogen (secondary N) is 1. The molecule has 2 N–H and O–H groups in total. The van der Waals surface area contributed by atoms with Crippen molar-refractivity contribution >= 4 is 18.6 Å². The zero-order chi connectivity index (χ0) is 6.57. The lowest BCUT2D eigenvalue weighted by Crippen LogP contribution is -2.34. The minimum absolute atomic E-state index is 0.0127. The average Bonchev–Trinajstić information content (AvgIpc) is 1.69. The van der Waals surface area contributed by atoms with Crippen LogP contribution in [0.2, 0.25) is 0 Å². The molecule has 0 saturated heterocycles. The van der Waals surface area contributed by atoms with Gasteiger partial charge in [0.25, 0.3) is 0 Å². The molecule has 8 heavy (non-hydrogen) atoms. The van der Waals surface area contributed by atoms with Gasteiger partial charge in [-0.2, -0.15) is 12.6 Å². The summed E-state index contributed by atoms with van der Waals surface area (Å²) in [6.07, 6.45) is 0. The highest BCUT2D eigenvalue weighted by Crippen LogP contribution is 1.84. The number of carboxylic acid groups (broad SMARTS) is 1. The molecule has 0 heterocycles. The molecule has 0 amide bonds. The summed E-state index contributed by atoms with van der Waals surface area (Å²) in [5.74, 6) is -1.16. The van der Waals surface area contributed by atoms with Gasteiger partial charge in [0.15, 0.2) is 0 Å². The van der Waals surface area contributed by atoms with Crippen LogP contribution < -0.4 is 5.48 Å². The van der Waals surface area contributed by atoms with Crippen molar-refractivity contribution < 1.29 is 9.90 Å². The molecule has 0 aromatic heterocycles. The predicted octanol–water partition coefficient (Wildman–Crippen LogP) is -0.543. The Morgan fingerprint density at radius 3 is 2.50 bits per heavy atom. The molecular weight excluding hydrogens is 130 g/mol. The molecule has 0 bridgehead atoms. The van der Waals surface area contributed by atoms with E-state index in [0.717, 1.165) is 0 Å². The van der Waals surface area contributed by atoms with Gasteiger partial charge in [0, 0.05) is 5.75 Å². The molecule has 0 aromatic carbocycles. The monoisotopic (exact) mass is 136 g/mol. The van der Waals surface area contributed by atoms with Crippen LogP contribution in [-0.2, 0) is 4.79 Å². The van der Waals surface area contributed by atoms with Crippen molar-refractivity contribution in [3.05, 3.63) is 5.21 Å². The van der Waals surface area contributed by atoms with E-state index in [0.29, 0.717) is 0 Å². The summed E-state index contributed by atoms with van der Waals surface area (Å²) in [4.78, 5) is 9.85. The fourth-order valence-corrected chi connectivity index (χ4v) is 0.396. The highest BCUT2D eigenvalue weighted by atomic mass is 32.1. The van der Waals surface area contributed by atoms with E-state index in [1.807, 2.05) is 0 Å². The van der Waals surface area contributed by atoms with E-state index in [1.165, 1.54) is 5.48 Å². The van der Waals surface area contributed by atoms with Crippen LogP contribution in [0, 0.1) is 5.21 Å². The number of carbonyl (C=O) groups is 1. The van der Waals surface area contributed by atoms with Gasteiger partial charge in [0.1, 0.15) is 6.04 Å². The molecule has 1 atom stereocenters. The van der Waals surface area contributed by atoms with Crippen molar-refractivity contribution in [3.63, 3.8) is 0 Å². The molecule has 0 aliphatic rings. The van der Waals surface area contributed by atoms with Crippen LogP contribution >= 0.6 is 12.6 Å². The number of thiol groups is 1. The van der Waals surface area contributed by atoms with E-state index in [4.69, 9.17) is 5.11 Å². The van der Waals surface area contributed by atoms with E-state index in [1.54, 1.807) is 0 Å². The molecule has 0 aliphatic carbocycles. The molecule has 48 valence electrons. The SMILES string of the molecule is O=C(O)[C@@H](CS)N[O-]. The maximum absolute atomic E-state index is 9.85. The summed E-state index contributed by atoms with van der Waals surface area (Å²) in [6.45, 7) is 0. The Morgan fingerprint density at radius 2 is 2.50 bits per heavy atom. The largest absolute Gasteiger partial charge is 0.787 e. The van der Waals surface area contributed by atoms with Gasteiger partial charge in [-0.15, -0.1) is 0 Å². The van der Waals surface area contributed by atoms with Crippen molar-refractivity contribution in [3.8, 4) is 0 Å². The molecule has 0 aliphatic heterocycles. The first-order valence-corrected chi connectivity index (χ1v) is 2.57. The van der Waals surface area contributed by atoms with Gasteiger partial charge in [0.2, 0.25) is 0 Å². The van der Waals surface area contributed by atoms with E-state index in [-0.39, 0.29) is 5.75 Å². The number of aliphatic carboxylic acids is 1. The van der Waals surface area contributed by atoms with E-state index >= 15 is 0 Å². The Hall–Kier alpha value is -0.260. The normalized spacial score (nSPS) is 13.2. The summed E-state index contributed by atoms with van der Waals surface area (Å²) < 4.78 is 0. The minimum Gasteiger partial charge on any atom is -0.787 e. The van der Waals surface area contributed by atoms with Gasteiger partial charge in [-0.05, 0) is 0 Å². The van der Waals surface area contributed by atoms with Gasteiger partial charge < -0.3 is 15.8 Å². The number of carboxylic acids is 1. The molecule has 0 saturated carbocycles. The number of rotatable bonds is 3. The lowest BCUT2D eigenvalue weighted by atomic mass is 10.4. The second-order valence-corrected chi connectivity index (χ2v) is 1.56. The summed E-state index contributed by atoms with van der Waals surface area (Å²) in [6, 6.07) is -1.07. The molecule has 0 rings (SSSR count). The smallest absolute Gasteiger partial charge is 0.320 e. The molecule has 0 spiro atoms. The Kier molecular flexibility index (Phi) is 3.59. The molecule has 0 fully saturated rings. The maximum Gasteiger partial charge on any atom is 0.320 e.